The molecule has 0 aliphatic rings. The molecule has 108 valence electrons. The number of aryl methyl sites for hydroxylation is 1. The van der Waals surface area contributed by atoms with Gasteiger partial charge in [0.05, 0.1) is 0 Å². The molecule has 0 unspecified atom stereocenters. The Balaban J connectivity index is 2.38. The standard InChI is InChI=1S/C15H19F2N3/c1-9(2)8-20-10(3)19-13(15(20)18)11-4-6-12(7-5-11)14(16)17/h4-7,9,14H,8,18H2,1-3H3. The van der Waals surface area contributed by atoms with Crippen LogP contribution < -0.4 is 5.73 Å². The van der Waals surface area contributed by atoms with E-state index in [0.29, 0.717) is 17.4 Å². The largest absolute Gasteiger partial charge is 0.383 e. The molecule has 1 aromatic heterocycles. The van der Waals surface area contributed by atoms with Crippen LogP contribution >= 0.6 is 0 Å². The van der Waals surface area contributed by atoms with Crippen LogP contribution in [0, 0.1) is 12.8 Å². The maximum atomic E-state index is 12.5. The quantitative estimate of drug-likeness (QED) is 0.918. The van der Waals surface area contributed by atoms with Gasteiger partial charge in [0.25, 0.3) is 6.43 Å². The third-order valence-corrected chi connectivity index (χ3v) is 3.18. The van der Waals surface area contributed by atoms with Crippen LogP contribution in [0.15, 0.2) is 24.3 Å². The second-order valence-corrected chi connectivity index (χ2v) is 5.32. The van der Waals surface area contributed by atoms with Crippen LogP contribution in [0.2, 0.25) is 0 Å². The molecule has 2 aromatic rings. The molecule has 0 bridgehead atoms. The van der Waals surface area contributed by atoms with E-state index in [9.17, 15) is 8.78 Å². The average molecular weight is 279 g/mol. The number of halogens is 2. The van der Waals surface area contributed by atoms with E-state index in [1.807, 2.05) is 11.5 Å². The van der Waals surface area contributed by atoms with Gasteiger partial charge in [-0.05, 0) is 12.8 Å². The number of benzene rings is 1. The molecule has 0 atom stereocenters. The number of hydrogen-bond acceptors (Lipinski definition) is 2. The van der Waals surface area contributed by atoms with Crippen molar-refractivity contribution in [2.24, 2.45) is 5.92 Å². The molecule has 2 N–H and O–H groups in total. The van der Waals surface area contributed by atoms with Crippen LogP contribution in [0.5, 0.6) is 0 Å². The van der Waals surface area contributed by atoms with Crippen LogP contribution in [0.3, 0.4) is 0 Å². The molecule has 0 spiro atoms. The summed E-state index contributed by atoms with van der Waals surface area (Å²) in [7, 11) is 0. The third kappa shape index (κ3) is 2.81. The number of aromatic nitrogens is 2. The number of nitrogens with two attached hydrogens (primary N) is 1. The first-order chi connectivity index (χ1) is 9.40. The van der Waals surface area contributed by atoms with Crippen molar-refractivity contribution in [3.05, 3.63) is 35.7 Å². The SMILES string of the molecule is Cc1nc(-c2ccc(C(F)F)cc2)c(N)n1CC(C)C. The summed E-state index contributed by atoms with van der Waals surface area (Å²) in [5, 5.41) is 0. The van der Waals surface area contributed by atoms with Crippen molar-refractivity contribution in [2.45, 2.75) is 33.7 Å². The zero-order chi connectivity index (χ0) is 14.9. The molecule has 0 aliphatic heterocycles. The molecule has 3 nitrogen and oxygen atoms in total. The lowest BCUT2D eigenvalue weighted by Gasteiger charge is -2.10. The van der Waals surface area contributed by atoms with E-state index in [1.165, 1.54) is 12.1 Å². The van der Waals surface area contributed by atoms with Gasteiger partial charge >= 0.3 is 0 Å². The topological polar surface area (TPSA) is 43.8 Å². The Morgan fingerprint density at radius 1 is 1.20 bits per heavy atom. The molecule has 0 saturated heterocycles. The number of anilines is 1. The van der Waals surface area contributed by atoms with E-state index in [-0.39, 0.29) is 5.56 Å². The fourth-order valence-corrected chi connectivity index (χ4v) is 2.18. The minimum Gasteiger partial charge on any atom is -0.383 e. The molecule has 0 fully saturated rings. The number of alkyl halides is 2. The van der Waals surface area contributed by atoms with Gasteiger partial charge in [0.15, 0.2) is 0 Å². The fraction of sp³-hybridized carbons (Fsp3) is 0.400. The maximum absolute atomic E-state index is 12.5. The van der Waals surface area contributed by atoms with Gasteiger partial charge in [-0.3, -0.25) is 0 Å². The normalized spacial score (nSPS) is 11.6. The monoisotopic (exact) mass is 279 g/mol. The summed E-state index contributed by atoms with van der Waals surface area (Å²) in [5.74, 6) is 1.88. The molecule has 1 aromatic carbocycles. The lowest BCUT2D eigenvalue weighted by atomic mass is 10.1. The molecule has 0 radical (unpaired) electrons. The highest BCUT2D eigenvalue weighted by atomic mass is 19.3. The molecule has 5 heteroatoms. The molecule has 1 heterocycles. The summed E-state index contributed by atoms with van der Waals surface area (Å²) in [6.07, 6.45) is -2.46. The van der Waals surface area contributed by atoms with Crippen molar-refractivity contribution in [2.75, 3.05) is 5.73 Å². The van der Waals surface area contributed by atoms with Gasteiger partial charge in [-0.25, -0.2) is 13.8 Å². The summed E-state index contributed by atoms with van der Waals surface area (Å²) in [6.45, 7) is 6.90. The molecular formula is C15H19F2N3. The first kappa shape index (κ1) is 14.5. The summed E-state index contributed by atoms with van der Waals surface area (Å²) in [5.41, 5.74) is 7.56. The second-order valence-electron chi connectivity index (χ2n) is 5.32. The Labute approximate surface area is 117 Å². The van der Waals surface area contributed by atoms with Crippen LogP contribution in [0.4, 0.5) is 14.6 Å². The lowest BCUT2D eigenvalue weighted by Crippen LogP contribution is -2.09. The highest BCUT2D eigenvalue weighted by Crippen LogP contribution is 2.28. The van der Waals surface area contributed by atoms with Gasteiger partial charge in [0.1, 0.15) is 17.3 Å². The Kier molecular flexibility index (Phi) is 4.06. The summed E-state index contributed by atoms with van der Waals surface area (Å²) in [6, 6.07) is 6.10. The van der Waals surface area contributed by atoms with Gasteiger partial charge in [-0.15, -0.1) is 0 Å². The number of hydrogen-bond donors (Lipinski definition) is 1. The molecule has 20 heavy (non-hydrogen) atoms. The second kappa shape index (κ2) is 5.61. The van der Waals surface area contributed by atoms with Crippen molar-refractivity contribution < 1.29 is 8.78 Å². The zero-order valence-corrected chi connectivity index (χ0v) is 11.9. The zero-order valence-electron chi connectivity index (χ0n) is 11.9. The molecule has 0 aliphatic carbocycles. The highest BCUT2D eigenvalue weighted by molar-refractivity contribution is 5.71. The Bertz CT molecular complexity index is 586. The van der Waals surface area contributed by atoms with E-state index in [4.69, 9.17) is 5.73 Å². The molecule has 2 rings (SSSR count). The smallest absolute Gasteiger partial charge is 0.263 e. The van der Waals surface area contributed by atoms with E-state index < -0.39 is 6.43 Å². The van der Waals surface area contributed by atoms with Crippen molar-refractivity contribution in [3.8, 4) is 11.3 Å². The van der Waals surface area contributed by atoms with Gasteiger partial charge in [0.2, 0.25) is 0 Å². The minimum absolute atomic E-state index is 0.00524. The van der Waals surface area contributed by atoms with Gasteiger partial charge in [-0.1, -0.05) is 38.1 Å². The first-order valence-electron chi connectivity index (χ1n) is 6.61. The van der Waals surface area contributed by atoms with Crippen molar-refractivity contribution in [1.29, 1.82) is 0 Å². The van der Waals surface area contributed by atoms with E-state index in [1.54, 1.807) is 12.1 Å². The van der Waals surface area contributed by atoms with E-state index in [2.05, 4.69) is 18.8 Å². The van der Waals surface area contributed by atoms with Gasteiger partial charge < -0.3 is 10.3 Å². The van der Waals surface area contributed by atoms with E-state index >= 15 is 0 Å². The van der Waals surface area contributed by atoms with Crippen LogP contribution in [-0.4, -0.2) is 9.55 Å². The summed E-state index contributed by atoms with van der Waals surface area (Å²) >= 11 is 0. The maximum Gasteiger partial charge on any atom is 0.263 e. The molecular weight excluding hydrogens is 260 g/mol. The highest BCUT2D eigenvalue weighted by Gasteiger charge is 2.15. The van der Waals surface area contributed by atoms with E-state index in [0.717, 1.165) is 17.9 Å². The number of imidazole rings is 1. The number of rotatable bonds is 4. The fourth-order valence-electron chi connectivity index (χ4n) is 2.18. The van der Waals surface area contributed by atoms with Gasteiger partial charge in [0, 0.05) is 17.7 Å². The Morgan fingerprint density at radius 3 is 2.30 bits per heavy atom. The summed E-state index contributed by atoms with van der Waals surface area (Å²) < 4.78 is 27.1. The van der Waals surface area contributed by atoms with Gasteiger partial charge in [-0.2, -0.15) is 0 Å². The van der Waals surface area contributed by atoms with Crippen LogP contribution in [0.25, 0.3) is 11.3 Å². The molecule has 0 saturated carbocycles. The summed E-state index contributed by atoms with van der Waals surface area (Å²) in [4.78, 5) is 4.46. The lowest BCUT2D eigenvalue weighted by molar-refractivity contribution is 0.151. The first-order valence-corrected chi connectivity index (χ1v) is 6.61. The predicted molar refractivity (Wildman–Crippen MR) is 76.6 cm³/mol. The minimum atomic E-state index is -2.46. The Hall–Kier alpha value is -1.91. The van der Waals surface area contributed by atoms with Crippen molar-refractivity contribution in [3.63, 3.8) is 0 Å². The van der Waals surface area contributed by atoms with Crippen molar-refractivity contribution in [1.82, 2.24) is 9.55 Å². The van der Waals surface area contributed by atoms with Crippen LogP contribution in [0.1, 0.15) is 31.7 Å². The van der Waals surface area contributed by atoms with Crippen molar-refractivity contribution >= 4 is 5.82 Å². The third-order valence-electron chi connectivity index (χ3n) is 3.18. The molecule has 0 amide bonds. The van der Waals surface area contributed by atoms with Crippen LogP contribution in [-0.2, 0) is 6.54 Å². The average Bonchev–Trinajstić information content (AvgIpc) is 2.66. The predicted octanol–water partition coefficient (Wildman–Crippen LogP) is 4.03. The Morgan fingerprint density at radius 2 is 1.80 bits per heavy atom. The number of nitrogens with zero attached hydrogens (tertiary/aromatic N) is 2. The number of nitrogen functional groups attached to an aromatic ring is 1.